The van der Waals surface area contributed by atoms with Gasteiger partial charge in [0.05, 0.1) is 19.3 Å². The third-order valence-corrected chi connectivity index (χ3v) is 4.05. The largest absolute Gasteiger partial charge is 0.497 e. The van der Waals surface area contributed by atoms with Crippen LogP contribution in [0.15, 0.2) is 60.7 Å². The number of aryl methyl sites for hydroxylation is 1. The predicted molar refractivity (Wildman–Crippen MR) is 103 cm³/mol. The van der Waals surface area contributed by atoms with Gasteiger partial charge in [0, 0.05) is 17.2 Å². The van der Waals surface area contributed by atoms with Gasteiger partial charge < -0.3 is 14.8 Å². The van der Waals surface area contributed by atoms with E-state index in [1.807, 2.05) is 55.5 Å². The fourth-order valence-electron chi connectivity index (χ4n) is 2.56. The number of rotatable bonds is 7. The Balaban J connectivity index is 1.49. The van der Waals surface area contributed by atoms with Crippen molar-refractivity contribution in [3.8, 4) is 22.9 Å². The number of nitrogens with zero attached hydrogens (tertiary/aromatic N) is 2. The maximum absolute atomic E-state index is 12.1. The smallest absolute Gasteiger partial charge is 0.251 e. The minimum Gasteiger partial charge on any atom is -0.497 e. The molecule has 3 rings (SSSR count). The van der Waals surface area contributed by atoms with Crippen molar-refractivity contribution < 1.29 is 14.3 Å². The molecule has 0 radical (unpaired) electrons. The van der Waals surface area contributed by atoms with Gasteiger partial charge in [0.2, 0.25) is 5.88 Å². The van der Waals surface area contributed by atoms with E-state index in [0.717, 1.165) is 22.6 Å². The molecule has 2 aromatic carbocycles. The van der Waals surface area contributed by atoms with Gasteiger partial charge in [-0.25, -0.2) is 0 Å². The van der Waals surface area contributed by atoms with Crippen LogP contribution in [0.25, 0.3) is 11.3 Å². The highest BCUT2D eigenvalue weighted by Crippen LogP contribution is 2.20. The zero-order valence-electron chi connectivity index (χ0n) is 15.3. The Bertz CT molecular complexity index is 893. The minimum atomic E-state index is -0.113. The summed E-state index contributed by atoms with van der Waals surface area (Å²) in [5, 5.41) is 11.1. The monoisotopic (exact) mass is 363 g/mol. The lowest BCUT2D eigenvalue weighted by Gasteiger charge is -2.09. The molecule has 0 aliphatic heterocycles. The lowest BCUT2D eigenvalue weighted by Crippen LogP contribution is -2.28. The molecule has 3 aromatic rings. The Morgan fingerprint density at radius 2 is 1.78 bits per heavy atom. The number of hydrogen-bond acceptors (Lipinski definition) is 5. The molecule has 1 aromatic heterocycles. The van der Waals surface area contributed by atoms with Crippen LogP contribution in [0.1, 0.15) is 15.9 Å². The summed E-state index contributed by atoms with van der Waals surface area (Å²) >= 11 is 0. The third kappa shape index (κ3) is 4.82. The standard InChI is InChI=1S/C21H21N3O3/c1-15-5-3-4-6-18(15)21(25)22-13-14-27-20-12-11-19(23-24-20)16-7-9-17(26-2)10-8-16/h3-12H,13-14H2,1-2H3,(H,22,25). The van der Waals surface area contributed by atoms with Gasteiger partial charge in [-0.3, -0.25) is 4.79 Å². The lowest BCUT2D eigenvalue weighted by molar-refractivity contribution is 0.0946. The van der Waals surface area contributed by atoms with Crippen molar-refractivity contribution in [2.75, 3.05) is 20.3 Å². The van der Waals surface area contributed by atoms with E-state index in [1.54, 1.807) is 19.2 Å². The number of carbonyl (C=O) groups excluding carboxylic acids is 1. The molecule has 0 saturated heterocycles. The SMILES string of the molecule is COc1ccc(-c2ccc(OCCNC(=O)c3ccccc3C)nn2)cc1. The third-order valence-electron chi connectivity index (χ3n) is 4.05. The molecule has 0 saturated carbocycles. The average molecular weight is 363 g/mol. The number of carbonyl (C=O) groups is 1. The van der Waals surface area contributed by atoms with E-state index in [4.69, 9.17) is 9.47 Å². The molecule has 0 atom stereocenters. The Morgan fingerprint density at radius 1 is 1.00 bits per heavy atom. The molecule has 1 amide bonds. The van der Waals surface area contributed by atoms with Crippen molar-refractivity contribution in [1.29, 1.82) is 0 Å². The highest BCUT2D eigenvalue weighted by molar-refractivity contribution is 5.95. The first-order valence-corrected chi connectivity index (χ1v) is 8.62. The van der Waals surface area contributed by atoms with Gasteiger partial charge in [0.25, 0.3) is 5.91 Å². The fourth-order valence-corrected chi connectivity index (χ4v) is 2.56. The van der Waals surface area contributed by atoms with Gasteiger partial charge in [0.15, 0.2) is 0 Å². The molecule has 1 heterocycles. The van der Waals surface area contributed by atoms with Crippen LogP contribution in [0.5, 0.6) is 11.6 Å². The topological polar surface area (TPSA) is 73.3 Å². The van der Waals surface area contributed by atoms with Crippen LogP contribution in [-0.4, -0.2) is 36.4 Å². The molecule has 1 N–H and O–H groups in total. The Labute approximate surface area is 158 Å². The number of benzene rings is 2. The number of nitrogens with one attached hydrogen (secondary N) is 1. The number of methoxy groups -OCH3 is 1. The molecule has 0 bridgehead atoms. The first kappa shape index (κ1) is 18.4. The van der Waals surface area contributed by atoms with E-state index < -0.39 is 0 Å². The van der Waals surface area contributed by atoms with Gasteiger partial charge >= 0.3 is 0 Å². The number of ether oxygens (including phenoxy) is 2. The summed E-state index contributed by atoms with van der Waals surface area (Å²) in [5.41, 5.74) is 3.30. The van der Waals surface area contributed by atoms with E-state index in [1.165, 1.54) is 0 Å². The quantitative estimate of drug-likeness (QED) is 0.652. The molecule has 27 heavy (non-hydrogen) atoms. The van der Waals surface area contributed by atoms with Crippen LogP contribution in [0.3, 0.4) is 0 Å². The summed E-state index contributed by atoms with van der Waals surface area (Å²) in [7, 11) is 1.63. The van der Waals surface area contributed by atoms with Crippen molar-refractivity contribution in [1.82, 2.24) is 15.5 Å². The number of hydrogen-bond donors (Lipinski definition) is 1. The van der Waals surface area contributed by atoms with Crippen LogP contribution >= 0.6 is 0 Å². The highest BCUT2D eigenvalue weighted by atomic mass is 16.5. The predicted octanol–water partition coefficient (Wildman–Crippen LogP) is 3.27. The Morgan fingerprint density at radius 3 is 2.44 bits per heavy atom. The molecular formula is C21H21N3O3. The van der Waals surface area contributed by atoms with Crippen molar-refractivity contribution in [2.24, 2.45) is 0 Å². The first-order chi connectivity index (χ1) is 13.2. The summed E-state index contributed by atoms with van der Waals surface area (Å²) in [4.78, 5) is 12.1. The van der Waals surface area contributed by atoms with Crippen molar-refractivity contribution in [3.63, 3.8) is 0 Å². The average Bonchev–Trinajstić information content (AvgIpc) is 2.72. The molecule has 0 spiro atoms. The normalized spacial score (nSPS) is 10.3. The zero-order chi connectivity index (χ0) is 19.1. The van der Waals surface area contributed by atoms with Gasteiger partial charge in [0.1, 0.15) is 12.4 Å². The van der Waals surface area contributed by atoms with Crippen molar-refractivity contribution in [2.45, 2.75) is 6.92 Å². The second-order valence-electron chi connectivity index (χ2n) is 5.90. The van der Waals surface area contributed by atoms with Crippen molar-refractivity contribution in [3.05, 3.63) is 71.8 Å². The number of aromatic nitrogens is 2. The minimum absolute atomic E-state index is 0.113. The van der Waals surface area contributed by atoms with Crippen LogP contribution in [0.4, 0.5) is 0 Å². The Kier molecular flexibility index (Phi) is 5.99. The van der Waals surface area contributed by atoms with Crippen LogP contribution < -0.4 is 14.8 Å². The second-order valence-corrected chi connectivity index (χ2v) is 5.90. The van der Waals surface area contributed by atoms with E-state index in [0.29, 0.717) is 24.6 Å². The summed E-state index contributed by atoms with van der Waals surface area (Å²) in [6.45, 7) is 2.61. The first-order valence-electron chi connectivity index (χ1n) is 8.62. The van der Waals surface area contributed by atoms with Gasteiger partial charge in [-0.1, -0.05) is 18.2 Å². The maximum atomic E-state index is 12.1. The molecular weight excluding hydrogens is 342 g/mol. The molecule has 6 heteroatoms. The van der Waals surface area contributed by atoms with Crippen LogP contribution in [0.2, 0.25) is 0 Å². The maximum Gasteiger partial charge on any atom is 0.251 e. The second kappa shape index (κ2) is 8.80. The van der Waals surface area contributed by atoms with Gasteiger partial charge in [-0.05, 0) is 48.9 Å². The summed E-state index contributed by atoms with van der Waals surface area (Å²) in [6, 6.07) is 18.7. The van der Waals surface area contributed by atoms with E-state index in [-0.39, 0.29) is 5.91 Å². The molecule has 138 valence electrons. The summed E-state index contributed by atoms with van der Waals surface area (Å²) in [5.74, 6) is 1.09. The van der Waals surface area contributed by atoms with Gasteiger partial charge in [-0.15, -0.1) is 10.2 Å². The highest BCUT2D eigenvalue weighted by Gasteiger charge is 2.07. The van der Waals surface area contributed by atoms with Crippen molar-refractivity contribution >= 4 is 5.91 Å². The van der Waals surface area contributed by atoms with Gasteiger partial charge in [-0.2, -0.15) is 0 Å². The van der Waals surface area contributed by atoms with E-state index in [9.17, 15) is 4.79 Å². The molecule has 0 aliphatic rings. The zero-order valence-corrected chi connectivity index (χ0v) is 15.3. The molecule has 6 nitrogen and oxygen atoms in total. The van der Waals surface area contributed by atoms with Crippen LogP contribution in [0, 0.1) is 6.92 Å². The summed E-state index contributed by atoms with van der Waals surface area (Å²) in [6.07, 6.45) is 0. The molecule has 0 unspecified atom stereocenters. The van der Waals surface area contributed by atoms with E-state index >= 15 is 0 Å². The Hall–Kier alpha value is -3.41. The molecule has 0 fully saturated rings. The fraction of sp³-hybridized carbons (Fsp3) is 0.190. The summed E-state index contributed by atoms with van der Waals surface area (Å²) < 4.78 is 10.7. The lowest BCUT2D eigenvalue weighted by atomic mass is 10.1. The molecule has 0 aliphatic carbocycles. The van der Waals surface area contributed by atoms with Crippen LogP contribution in [-0.2, 0) is 0 Å². The number of amides is 1. The van der Waals surface area contributed by atoms with E-state index in [2.05, 4.69) is 15.5 Å².